The minimum atomic E-state index is -0.626. The molecule has 2 aromatic heterocycles. The number of nitrogens with one attached hydrogen (secondary N) is 1. The highest BCUT2D eigenvalue weighted by atomic mass is 16.4. The van der Waals surface area contributed by atoms with E-state index in [0.717, 1.165) is 18.5 Å². The van der Waals surface area contributed by atoms with Crippen LogP contribution in [0.2, 0.25) is 0 Å². The predicted molar refractivity (Wildman–Crippen MR) is 99.8 cm³/mol. The summed E-state index contributed by atoms with van der Waals surface area (Å²) in [7, 11) is 0. The van der Waals surface area contributed by atoms with Crippen molar-refractivity contribution in [3.8, 4) is 0 Å². The zero-order valence-corrected chi connectivity index (χ0v) is 16.0. The van der Waals surface area contributed by atoms with Crippen molar-refractivity contribution in [1.82, 2.24) is 9.78 Å². The van der Waals surface area contributed by atoms with Crippen LogP contribution in [0.25, 0.3) is 0 Å². The van der Waals surface area contributed by atoms with Crippen LogP contribution in [-0.4, -0.2) is 27.4 Å². The molecule has 2 rings (SSSR count). The first-order valence-corrected chi connectivity index (χ1v) is 8.90. The van der Waals surface area contributed by atoms with Crippen LogP contribution < -0.4 is 10.9 Å². The molecule has 0 aliphatic carbocycles. The molecule has 0 aliphatic heterocycles. The molecular weight excluding hydrogens is 334 g/mol. The lowest BCUT2D eigenvalue weighted by molar-refractivity contribution is 0.102. The lowest BCUT2D eigenvalue weighted by atomic mass is 10.0. The SMILES string of the molecule is CCCC(C)c1cc(C)c(C(=O)Nc2c(C)nn(CCO)c2C)c(=O)o1. The van der Waals surface area contributed by atoms with Crippen LogP contribution >= 0.6 is 0 Å². The molecule has 1 atom stereocenters. The molecule has 0 aliphatic rings. The molecule has 7 heteroatoms. The smallest absolute Gasteiger partial charge is 0.349 e. The summed E-state index contributed by atoms with van der Waals surface area (Å²) in [4.78, 5) is 25.1. The van der Waals surface area contributed by atoms with E-state index in [1.54, 1.807) is 31.5 Å². The Bertz CT molecular complexity index is 851. The van der Waals surface area contributed by atoms with Crippen molar-refractivity contribution in [1.29, 1.82) is 0 Å². The summed E-state index contributed by atoms with van der Waals surface area (Å²) >= 11 is 0. The fraction of sp³-hybridized carbons (Fsp3) is 0.526. The second-order valence-corrected chi connectivity index (χ2v) is 6.63. The van der Waals surface area contributed by atoms with Gasteiger partial charge in [0, 0.05) is 5.92 Å². The largest absolute Gasteiger partial charge is 0.427 e. The minimum Gasteiger partial charge on any atom is -0.427 e. The first kappa shape index (κ1) is 19.9. The third-order valence-corrected chi connectivity index (χ3v) is 4.53. The number of rotatable bonds is 7. The number of aryl methyl sites for hydroxylation is 2. The highest BCUT2D eigenvalue weighted by Gasteiger charge is 2.21. The van der Waals surface area contributed by atoms with Gasteiger partial charge in [-0.3, -0.25) is 9.48 Å². The Morgan fingerprint density at radius 3 is 2.65 bits per heavy atom. The zero-order valence-electron chi connectivity index (χ0n) is 16.0. The van der Waals surface area contributed by atoms with E-state index in [4.69, 9.17) is 9.52 Å². The van der Waals surface area contributed by atoms with E-state index in [0.29, 0.717) is 29.2 Å². The molecule has 0 aromatic carbocycles. The van der Waals surface area contributed by atoms with Crippen LogP contribution in [0, 0.1) is 20.8 Å². The van der Waals surface area contributed by atoms with Gasteiger partial charge < -0.3 is 14.8 Å². The van der Waals surface area contributed by atoms with Gasteiger partial charge >= 0.3 is 5.63 Å². The number of carbonyl (C=O) groups is 1. The van der Waals surface area contributed by atoms with Crippen molar-refractivity contribution in [2.75, 3.05) is 11.9 Å². The van der Waals surface area contributed by atoms with Crippen LogP contribution in [0.3, 0.4) is 0 Å². The molecule has 1 amide bonds. The predicted octanol–water partition coefficient (Wildman–Crippen LogP) is 2.91. The summed E-state index contributed by atoms with van der Waals surface area (Å²) < 4.78 is 7.02. The van der Waals surface area contributed by atoms with Gasteiger partial charge in [0.15, 0.2) is 0 Å². The van der Waals surface area contributed by atoms with Gasteiger partial charge in [-0.2, -0.15) is 5.10 Å². The quantitative estimate of drug-likeness (QED) is 0.790. The number of carbonyl (C=O) groups excluding carboxylic acids is 1. The molecule has 7 nitrogen and oxygen atoms in total. The number of hydrogen-bond acceptors (Lipinski definition) is 5. The van der Waals surface area contributed by atoms with Crippen LogP contribution in [-0.2, 0) is 6.54 Å². The summed E-state index contributed by atoms with van der Waals surface area (Å²) in [6.45, 7) is 9.68. The minimum absolute atomic E-state index is 0.00570. The molecule has 0 bridgehead atoms. The highest BCUT2D eigenvalue weighted by Crippen LogP contribution is 2.23. The number of aliphatic hydroxyl groups is 1. The Kier molecular flexibility index (Phi) is 6.37. The van der Waals surface area contributed by atoms with Gasteiger partial charge in [0.05, 0.1) is 30.2 Å². The highest BCUT2D eigenvalue weighted by molar-refractivity contribution is 6.05. The monoisotopic (exact) mass is 361 g/mol. The molecule has 26 heavy (non-hydrogen) atoms. The molecule has 0 saturated carbocycles. The van der Waals surface area contributed by atoms with Crippen molar-refractivity contribution in [3.63, 3.8) is 0 Å². The van der Waals surface area contributed by atoms with Crippen molar-refractivity contribution in [2.45, 2.75) is 59.9 Å². The van der Waals surface area contributed by atoms with E-state index < -0.39 is 11.5 Å². The van der Waals surface area contributed by atoms with Gasteiger partial charge in [-0.1, -0.05) is 20.3 Å². The van der Waals surface area contributed by atoms with Crippen molar-refractivity contribution >= 4 is 11.6 Å². The Morgan fingerprint density at radius 1 is 1.38 bits per heavy atom. The van der Waals surface area contributed by atoms with Gasteiger partial charge in [-0.25, -0.2) is 4.79 Å². The summed E-state index contributed by atoms with van der Waals surface area (Å²) in [6, 6.07) is 1.77. The maximum atomic E-state index is 12.7. The van der Waals surface area contributed by atoms with E-state index in [-0.39, 0.29) is 18.1 Å². The molecule has 2 N–H and O–H groups in total. The standard InChI is InChI=1S/C19H27N3O4/c1-6-7-11(2)15-10-12(3)16(19(25)26-15)18(24)20-17-13(4)21-22(8-9-23)14(17)5/h10-11,23H,6-9H2,1-5H3,(H,20,24). The van der Waals surface area contributed by atoms with Crippen molar-refractivity contribution in [3.05, 3.63) is 44.8 Å². The van der Waals surface area contributed by atoms with E-state index in [9.17, 15) is 9.59 Å². The fourth-order valence-corrected chi connectivity index (χ4v) is 3.09. The molecule has 142 valence electrons. The van der Waals surface area contributed by atoms with Gasteiger partial charge in [-0.15, -0.1) is 0 Å². The Morgan fingerprint density at radius 2 is 2.08 bits per heavy atom. The number of hydrogen-bond donors (Lipinski definition) is 2. The molecular formula is C19H27N3O4. The zero-order chi connectivity index (χ0) is 19.4. The first-order chi connectivity index (χ1) is 12.3. The molecule has 0 fully saturated rings. The molecule has 0 spiro atoms. The van der Waals surface area contributed by atoms with E-state index in [1.807, 2.05) is 6.92 Å². The van der Waals surface area contributed by atoms with Gasteiger partial charge in [0.25, 0.3) is 5.91 Å². The molecule has 0 saturated heterocycles. The molecule has 2 heterocycles. The lowest BCUT2D eigenvalue weighted by Gasteiger charge is -2.12. The number of aromatic nitrogens is 2. The van der Waals surface area contributed by atoms with Crippen molar-refractivity contribution in [2.24, 2.45) is 0 Å². The Labute approximate surface area is 153 Å². The normalized spacial score (nSPS) is 12.2. The van der Waals surface area contributed by atoms with Crippen LogP contribution in [0.15, 0.2) is 15.3 Å². The number of amides is 1. The molecule has 1 unspecified atom stereocenters. The molecule has 2 aromatic rings. The summed E-state index contributed by atoms with van der Waals surface area (Å²) in [5, 5.41) is 16.1. The van der Waals surface area contributed by atoms with Crippen LogP contribution in [0.5, 0.6) is 0 Å². The summed E-state index contributed by atoms with van der Waals surface area (Å²) in [5.74, 6) is 0.222. The first-order valence-electron chi connectivity index (χ1n) is 8.90. The van der Waals surface area contributed by atoms with Gasteiger partial charge in [0.2, 0.25) is 0 Å². The lowest BCUT2D eigenvalue weighted by Crippen LogP contribution is -2.24. The summed E-state index contributed by atoms with van der Waals surface area (Å²) in [6.07, 6.45) is 1.90. The second kappa shape index (κ2) is 8.31. The maximum Gasteiger partial charge on any atom is 0.349 e. The number of anilines is 1. The fourth-order valence-electron chi connectivity index (χ4n) is 3.09. The average Bonchev–Trinajstić information content (AvgIpc) is 2.82. The summed E-state index contributed by atoms with van der Waals surface area (Å²) in [5.41, 5.74) is 1.87. The Balaban J connectivity index is 2.32. The number of aliphatic hydroxyl groups excluding tert-OH is 1. The van der Waals surface area contributed by atoms with Crippen LogP contribution in [0.4, 0.5) is 5.69 Å². The number of nitrogens with zero attached hydrogens (tertiary/aromatic N) is 2. The maximum absolute atomic E-state index is 12.7. The van der Waals surface area contributed by atoms with Crippen LogP contribution in [0.1, 0.15) is 65.7 Å². The third-order valence-electron chi connectivity index (χ3n) is 4.53. The van der Waals surface area contributed by atoms with Gasteiger partial charge in [-0.05, 0) is 38.8 Å². The topological polar surface area (TPSA) is 97.4 Å². The van der Waals surface area contributed by atoms with Crippen molar-refractivity contribution < 1.29 is 14.3 Å². The second-order valence-electron chi connectivity index (χ2n) is 6.63. The Hall–Kier alpha value is -2.41. The van der Waals surface area contributed by atoms with E-state index >= 15 is 0 Å². The van der Waals surface area contributed by atoms with E-state index in [1.165, 1.54) is 0 Å². The third kappa shape index (κ3) is 4.04. The molecule has 0 radical (unpaired) electrons. The van der Waals surface area contributed by atoms with E-state index in [2.05, 4.69) is 17.3 Å². The average molecular weight is 361 g/mol. The van der Waals surface area contributed by atoms with Gasteiger partial charge in [0.1, 0.15) is 11.3 Å².